The molecule has 2 heterocycles. The van der Waals surface area contributed by atoms with Crippen LogP contribution in [0.15, 0.2) is 30.5 Å². The van der Waals surface area contributed by atoms with Crippen LogP contribution in [0.4, 0.5) is 11.5 Å². The van der Waals surface area contributed by atoms with Crippen LogP contribution in [-0.4, -0.2) is 28.6 Å². The van der Waals surface area contributed by atoms with Gasteiger partial charge in [-0.15, -0.1) is 0 Å². The Morgan fingerprint density at radius 1 is 1.42 bits per heavy atom. The van der Waals surface area contributed by atoms with E-state index >= 15 is 0 Å². The molecule has 0 spiro atoms. The summed E-state index contributed by atoms with van der Waals surface area (Å²) in [6.45, 7) is 2.91. The molecule has 24 heavy (non-hydrogen) atoms. The summed E-state index contributed by atoms with van der Waals surface area (Å²) in [5.74, 6) is 2.57. The molecular formula is C18H24N4O2. The normalized spacial score (nSPS) is 14.6. The minimum atomic E-state index is -0.313. The summed E-state index contributed by atoms with van der Waals surface area (Å²) in [4.78, 5) is 17.1. The third-order valence-electron chi connectivity index (χ3n) is 4.36. The van der Waals surface area contributed by atoms with Gasteiger partial charge in [0, 0.05) is 24.7 Å². The van der Waals surface area contributed by atoms with Gasteiger partial charge in [0.1, 0.15) is 23.4 Å². The van der Waals surface area contributed by atoms with Gasteiger partial charge >= 0.3 is 0 Å². The maximum Gasteiger partial charge on any atom is 0.247 e. The fourth-order valence-electron chi connectivity index (χ4n) is 3.00. The van der Waals surface area contributed by atoms with Crippen LogP contribution in [0.25, 0.3) is 0 Å². The monoisotopic (exact) mass is 328 g/mol. The van der Waals surface area contributed by atoms with E-state index in [1.807, 2.05) is 31.2 Å². The molecule has 1 amide bonds. The first-order valence-corrected chi connectivity index (χ1v) is 8.47. The second kappa shape index (κ2) is 7.38. The van der Waals surface area contributed by atoms with Crippen LogP contribution >= 0.6 is 0 Å². The maximum atomic E-state index is 12.6. The lowest BCUT2D eigenvalue weighted by Crippen LogP contribution is -2.34. The number of aromatic nitrogens is 2. The lowest BCUT2D eigenvalue weighted by atomic mass is 10.1. The number of fused-ring (bicyclic) bond motifs is 1. The highest BCUT2D eigenvalue weighted by atomic mass is 16.5. The van der Waals surface area contributed by atoms with Crippen LogP contribution in [-0.2, 0) is 17.8 Å². The average Bonchev–Trinajstić information content (AvgIpc) is 3.03. The van der Waals surface area contributed by atoms with Crippen molar-refractivity contribution in [2.45, 2.75) is 45.2 Å². The number of carbonyl (C=O) groups is 1. The zero-order valence-corrected chi connectivity index (χ0v) is 14.2. The minimum Gasteiger partial charge on any atom is -0.497 e. The van der Waals surface area contributed by atoms with E-state index in [0.717, 1.165) is 42.5 Å². The van der Waals surface area contributed by atoms with Crippen LogP contribution in [0.2, 0.25) is 0 Å². The van der Waals surface area contributed by atoms with Gasteiger partial charge in [-0.1, -0.05) is 13.0 Å². The molecule has 6 nitrogen and oxygen atoms in total. The molecular weight excluding hydrogens is 304 g/mol. The lowest BCUT2D eigenvalue weighted by Gasteiger charge is -2.20. The first kappa shape index (κ1) is 16.4. The maximum absolute atomic E-state index is 12.6. The average molecular weight is 328 g/mol. The summed E-state index contributed by atoms with van der Waals surface area (Å²) >= 11 is 0. The van der Waals surface area contributed by atoms with Crippen molar-refractivity contribution in [1.29, 1.82) is 0 Å². The standard InChI is InChI=1S/C18H24N4O2/c1-3-15(20-13-7-6-8-14(11-13)24-2)18(23)21-17-12-19-16-9-4-5-10-22(16)17/h6-8,11-12,15,20H,3-5,9-10H2,1-2H3,(H,21,23)/t15-/m1/s1. The zero-order valence-electron chi connectivity index (χ0n) is 14.2. The molecule has 2 aromatic rings. The Labute approximate surface area is 142 Å². The molecule has 0 fully saturated rings. The molecule has 0 saturated carbocycles. The van der Waals surface area contributed by atoms with Crippen molar-refractivity contribution in [3.63, 3.8) is 0 Å². The Kier molecular flexibility index (Phi) is 5.03. The number of methoxy groups -OCH3 is 1. The number of carbonyl (C=O) groups excluding carboxylic acids is 1. The van der Waals surface area contributed by atoms with E-state index < -0.39 is 0 Å². The van der Waals surface area contributed by atoms with Crippen molar-refractivity contribution >= 4 is 17.4 Å². The number of benzene rings is 1. The Morgan fingerprint density at radius 2 is 2.29 bits per heavy atom. The molecule has 6 heteroatoms. The Morgan fingerprint density at radius 3 is 3.08 bits per heavy atom. The van der Waals surface area contributed by atoms with Crippen molar-refractivity contribution in [1.82, 2.24) is 9.55 Å². The molecule has 0 saturated heterocycles. The molecule has 0 aliphatic carbocycles. The minimum absolute atomic E-state index is 0.0476. The molecule has 0 bridgehead atoms. The number of imidazole rings is 1. The molecule has 1 aromatic carbocycles. The molecule has 0 radical (unpaired) electrons. The van der Waals surface area contributed by atoms with E-state index in [0.29, 0.717) is 6.42 Å². The highest BCUT2D eigenvalue weighted by Gasteiger charge is 2.20. The summed E-state index contributed by atoms with van der Waals surface area (Å²) < 4.78 is 7.34. The Balaban J connectivity index is 1.69. The van der Waals surface area contributed by atoms with Crippen molar-refractivity contribution in [2.75, 3.05) is 17.7 Å². The second-order valence-electron chi connectivity index (χ2n) is 5.99. The number of hydrogen-bond donors (Lipinski definition) is 2. The van der Waals surface area contributed by atoms with Gasteiger partial charge in [-0.25, -0.2) is 4.98 Å². The highest BCUT2D eigenvalue weighted by Crippen LogP contribution is 2.21. The van der Waals surface area contributed by atoms with E-state index in [1.54, 1.807) is 13.3 Å². The van der Waals surface area contributed by atoms with Crippen molar-refractivity contribution in [3.8, 4) is 5.75 Å². The summed E-state index contributed by atoms with van der Waals surface area (Å²) in [5.41, 5.74) is 0.867. The van der Waals surface area contributed by atoms with Crippen LogP contribution in [0.3, 0.4) is 0 Å². The van der Waals surface area contributed by atoms with Crippen LogP contribution in [0, 0.1) is 0 Å². The number of amides is 1. The number of hydrogen-bond acceptors (Lipinski definition) is 4. The first-order valence-electron chi connectivity index (χ1n) is 8.47. The van der Waals surface area contributed by atoms with Crippen LogP contribution < -0.4 is 15.4 Å². The molecule has 1 atom stereocenters. The molecule has 1 aromatic heterocycles. The van der Waals surface area contributed by atoms with Gasteiger partial charge < -0.3 is 19.9 Å². The molecule has 2 N–H and O–H groups in total. The molecule has 1 aliphatic heterocycles. The van der Waals surface area contributed by atoms with Gasteiger partial charge in [-0.05, 0) is 31.4 Å². The fraction of sp³-hybridized carbons (Fsp3) is 0.444. The van der Waals surface area contributed by atoms with Gasteiger partial charge in [0.15, 0.2) is 0 Å². The SMILES string of the molecule is CC[C@@H](Nc1cccc(OC)c1)C(=O)Nc1cnc2n1CCCC2. The number of rotatable bonds is 6. The summed E-state index contributed by atoms with van der Waals surface area (Å²) in [6, 6.07) is 7.28. The third-order valence-corrected chi connectivity index (χ3v) is 4.36. The van der Waals surface area contributed by atoms with Crippen molar-refractivity contribution in [3.05, 3.63) is 36.3 Å². The highest BCUT2D eigenvalue weighted by molar-refractivity contribution is 5.95. The predicted octanol–water partition coefficient (Wildman–Crippen LogP) is 3.06. The lowest BCUT2D eigenvalue weighted by molar-refractivity contribution is -0.117. The molecule has 3 rings (SSSR count). The van der Waals surface area contributed by atoms with Crippen molar-refractivity contribution in [2.24, 2.45) is 0 Å². The summed E-state index contributed by atoms with van der Waals surface area (Å²) in [6.07, 6.45) is 5.72. The van der Waals surface area contributed by atoms with E-state index in [9.17, 15) is 4.79 Å². The topological polar surface area (TPSA) is 68.2 Å². The zero-order chi connectivity index (χ0) is 16.9. The van der Waals surface area contributed by atoms with Crippen LogP contribution in [0.1, 0.15) is 32.0 Å². The number of aryl methyl sites for hydroxylation is 1. The number of nitrogens with one attached hydrogen (secondary N) is 2. The molecule has 128 valence electrons. The van der Waals surface area contributed by atoms with Gasteiger partial charge in [-0.3, -0.25) is 4.79 Å². The van der Waals surface area contributed by atoms with E-state index in [4.69, 9.17) is 4.74 Å². The second-order valence-corrected chi connectivity index (χ2v) is 5.99. The first-order chi connectivity index (χ1) is 11.7. The van der Waals surface area contributed by atoms with E-state index in [-0.39, 0.29) is 11.9 Å². The van der Waals surface area contributed by atoms with E-state index in [2.05, 4.69) is 20.2 Å². The van der Waals surface area contributed by atoms with Gasteiger partial charge in [-0.2, -0.15) is 0 Å². The Hall–Kier alpha value is -2.50. The van der Waals surface area contributed by atoms with Gasteiger partial charge in [0.2, 0.25) is 5.91 Å². The number of anilines is 2. The summed E-state index contributed by atoms with van der Waals surface area (Å²) in [5, 5.41) is 6.29. The number of ether oxygens (including phenoxy) is 1. The van der Waals surface area contributed by atoms with Gasteiger partial charge in [0.25, 0.3) is 0 Å². The smallest absolute Gasteiger partial charge is 0.247 e. The van der Waals surface area contributed by atoms with Crippen LogP contribution in [0.5, 0.6) is 5.75 Å². The molecule has 1 aliphatic rings. The quantitative estimate of drug-likeness (QED) is 0.855. The predicted molar refractivity (Wildman–Crippen MR) is 94.5 cm³/mol. The third kappa shape index (κ3) is 3.53. The van der Waals surface area contributed by atoms with E-state index in [1.165, 1.54) is 6.42 Å². The van der Waals surface area contributed by atoms with Crippen molar-refractivity contribution < 1.29 is 9.53 Å². The van der Waals surface area contributed by atoms with Gasteiger partial charge in [0.05, 0.1) is 13.3 Å². The molecule has 0 unspecified atom stereocenters. The Bertz CT molecular complexity index is 711. The fourth-order valence-corrected chi connectivity index (χ4v) is 3.00. The summed E-state index contributed by atoms with van der Waals surface area (Å²) in [7, 11) is 1.63. The number of nitrogens with zero attached hydrogens (tertiary/aromatic N) is 2. The largest absolute Gasteiger partial charge is 0.497 e.